The van der Waals surface area contributed by atoms with E-state index in [1.807, 2.05) is 0 Å². The van der Waals surface area contributed by atoms with Crippen LogP contribution in [0.15, 0.2) is 65.3 Å². The molecule has 0 saturated heterocycles. The number of non-ortho nitro benzene ring substituents is 1. The van der Waals surface area contributed by atoms with Gasteiger partial charge in [-0.15, -0.1) is 0 Å². The third-order valence-electron chi connectivity index (χ3n) is 6.11. The summed E-state index contributed by atoms with van der Waals surface area (Å²) in [6.07, 6.45) is 1.13. The number of ether oxygens (including phenoxy) is 4. The first kappa shape index (κ1) is 25.7. The number of nitrogens with zero attached hydrogens (tertiary/aromatic N) is 1. The molecule has 2 aliphatic rings. The third-order valence-corrected chi connectivity index (χ3v) is 6.11. The normalized spacial score (nSPS) is 17.3. The number of carbonyl (C=O) groups excluding carboxylic acids is 2. The Hall–Kier alpha value is -4.34. The molecule has 2 aromatic rings. The second-order valence-electron chi connectivity index (χ2n) is 9.00. The predicted octanol–water partition coefficient (Wildman–Crippen LogP) is 4.43. The van der Waals surface area contributed by atoms with Crippen LogP contribution in [0.4, 0.5) is 5.69 Å². The number of benzene rings is 2. The molecule has 0 radical (unpaired) electrons. The highest BCUT2D eigenvalue weighted by molar-refractivity contribution is 6.03. The molecule has 1 aliphatic heterocycles. The average molecular weight is 509 g/mol. The lowest BCUT2D eigenvalue weighted by atomic mass is 9.77. The molecule has 10 heteroatoms. The van der Waals surface area contributed by atoms with Crippen molar-refractivity contribution in [2.24, 2.45) is 5.73 Å². The van der Waals surface area contributed by atoms with Crippen LogP contribution in [-0.2, 0) is 25.7 Å². The summed E-state index contributed by atoms with van der Waals surface area (Å²) in [5.41, 5.74) is 7.99. The highest BCUT2D eigenvalue weighted by Gasteiger charge is 2.41. The number of Topliss-reactive ketones (excluding diaryl/α,β-unsaturated/α-hetero) is 1. The lowest BCUT2D eigenvalue weighted by molar-refractivity contribution is -0.384. The van der Waals surface area contributed by atoms with E-state index in [2.05, 4.69) is 0 Å². The minimum absolute atomic E-state index is 0.00722. The van der Waals surface area contributed by atoms with E-state index in [9.17, 15) is 19.7 Å². The zero-order valence-electron chi connectivity index (χ0n) is 20.8. The average Bonchev–Trinajstić information content (AvgIpc) is 2.86. The summed E-state index contributed by atoms with van der Waals surface area (Å²) in [5, 5.41) is 10.9. The second kappa shape index (κ2) is 10.7. The first-order valence-corrected chi connectivity index (χ1v) is 11.9. The molecule has 0 aromatic heterocycles. The van der Waals surface area contributed by atoms with Crippen LogP contribution in [0.5, 0.6) is 11.5 Å². The van der Waals surface area contributed by atoms with E-state index >= 15 is 0 Å². The van der Waals surface area contributed by atoms with Crippen LogP contribution in [0, 0.1) is 10.1 Å². The first-order chi connectivity index (χ1) is 17.7. The van der Waals surface area contributed by atoms with Crippen LogP contribution in [0.2, 0.25) is 0 Å². The quantitative estimate of drug-likeness (QED) is 0.311. The van der Waals surface area contributed by atoms with Crippen molar-refractivity contribution in [3.05, 3.63) is 86.5 Å². The Kier molecular flexibility index (Phi) is 7.47. The number of rotatable bonds is 8. The van der Waals surface area contributed by atoms with Gasteiger partial charge in [-0.25, -0.2) is 4.79 Å². The molecule has 0 spiro atoms. The van der Waals surface area contributed by atoms with Gasteiger partial charge in [-0.3, -0.25) is 14.9 Å². The van der Waals surface area contributed by atoms with Crippen LogP contribution in [0.25, 0.3) is 0 Å². The molecule has 1 heterocycles. The summed E-state index contributed by atoms with van der Waals surface area (Å²) < 4.78 is 22.6. The Balaban J connectivity index is 1.67. The molecular formula is C27H28N2O8. The van der Waals surface area contributed by atoms with Gasteiger partial charge in [0.15, 0.2) is 17.3 Å². The Morgan fingerprint density at radius 1 is 1.16 bits per heavy atom. The van der Waals surface area contributed by atoms with E-state index in [1.54, 1.807) is 44.2 Å². The molecule has 1 aliphatic carbocycles. The maximum Gasteiger partial charge on any atom is 0.340 e. The van der Waals surface area contributed by atoms with Crippen LogP contribution in [0.1, 0.15) is 50.2 Å². The predicted molar refractivity (Wildman–Crippen MR) is 133 cm³/mol. The smallest absolute Gasteiger partial charge is 0.340 e. The van der Waals surface area contributed by atoms with Gasteiger partial charge in [0.05, 0.1) is 24.1 Å². The van der Waals surface area contributed by atoms with Gasteiger partial charge >= 0.3 is 5.97 Å². The SMILES string of the molecule is COc1cc(C2C(C(=O)OC(C)C)=C(N)OC3=C2C(=O)CCC3)ccc1OCc1ccc([N+](=O)[O-])cc1. The summed E-state index contributed by atoms with van der Waals surface area (Å²) in [7, 11) is 1.48. The molecule has 0 fully saturated rings. The Bertz CT molecular complexity index is 1290. The van der Waals surface area contributed by atoms with Gasteiger partial charge < -0.3 is 24.7 Å². The summed E-state index contributed by atoms with van der Waals surface area (Å²) >= 11 is 0. The van der Waals surface area contributed by atoms with E-state index in [1.165, 1.54) is 19.2 Å². The van der Waals surface area contributed by atoms with Crippen molar-refractivity contribution < 1.29 is 33.5 Å². The molecule has 194 valence electrons. The van der Waals surface area contributed by atoms with Crippen molar-refractivity contribution in [3.63, 3.8) is 0 Å². The number of nitro groups is 1. The van der Waals surface area contributed by atoms with Crippen LogP contribution >= 0.6 is 0 Å². The molecule has 1 unspecified atom stereocenters. The number of carbonyl (C=O) groups is 2. The number of hydrogen-bond acceptors (Lipinski definition) is 9. The van der Waals surface area contributed by atoms with Gasteiger partial charge in [-0.1, -0.05) is 6.07 Å². The fraction of sp³-hybridized carbons (Fsp3) is 0.333. The van der Waals surface area contributed by atoms with E-state index in [4.69, 9.17) is 24.7 Å². The highest BCUT2D eigenvalue weighted by atomic mass is 16.6. The van der Waals surface area contributed by atoms with Gasteiger partial charge in [-0.2, -0.15) is 0 Å². The van der Waals surface area contributed by atoms with Gasteiger partial charge in [0, 0.05) is 30.5 Å². The Morgan fingerprint density at radius 2 is 1.89 bits per heavy atom. The molecule has 10 nitrogen and oxygen atoms in total. The van der Waals surface area contributed by atoms with Gasteiger partial charge in [0.2, 0.25) is 5.88 Å². The Morgan fingerprint density at radius 3 is 2.54 bits per heavy atom. The minimum atomic E-state index is -0.777. The van der Waals surface area contributed by atoms with Crippen LogP contribution < -0.4 is 15.2 Å². The first-order valence-electron chi connectivity index (χ1n) is 11.9. The van der Waals surface area contributed by atoms with Crippen molar-refractivity contribution in [2.45, 2.75) is 51.7 Å². The maximum atomic E-state index is 13.1. The van der Waals surface area contributed by atoms with E-state index in [0.717, 1.165) is 5.56 Å². The summed E-state index contributed by atoms with van der Waals surface area (Å²) in [4.78, 5) is 36.5. The van der Waals surface area contributed by atoms with Gasteiger partial charge in [0.25, 0.3) is 5.69 Å². The summed E-state index contributed by atoms with van der Waals surface area (Å²) in [5.74, 6) is -0.346. The van der Waals surface area contributed by atoms with Crippen molar-refractivity contribution in [1.29, 1.82) is 0 Å². The van der Waals surface area contributed by atoms with E-state index in [-0.39, 0.29) is 29.5 Å². The van der Waals surface area contributed by atoms with Crippen LogP contribution in [-0.4, -0.2) is 29.9 Å². The number of esters is 1. The fourth-order valence-electron chi connectivity index (χ4n) is 4.42. The number of allylic oxidation sites excluding steroid dienone is 2. The second-order valence-corrected chi connectivity index (χ2v) is 9.00. The van der Waals surface area contributed by atoms with Crippen molar-refractivity contribution in [2.75, 3.05) is 7.11 Å². The summed E-state index contributed by atoms with van der Waals surface area (Å²) in [6, 6.07) is 11.2. The van der Waals surface area contributed by atoms with Gasteiger partial charge in [-0.05, 0) is 55.7 Å². The Labute approximate surface area is 213 Å². The lowest BCUT2D eigenvalue weighted by Gasteiger charge is -2.32. The topological polar surface area (TPSA) is 140 Å². The monoisotopic (exact) mass is 508 g/mol. The highest BCUT2D eigenvalue weighted by Crippen LogP contribution is 2.45. The fourth-order valence-corrected chi connectivity index (χ4v) is 4.42. The number of hydrogen-bond donors (Lipinski definition) is 1. The minimum Gasteiger partial charge on any atom is -0.493 e. The van der Waals surface area contributed by atoms with Gasteiger partial charge in [0.1, 0.15) is 17.9 Å². The number of methoxy groups -OCH3 is 1. The largest absolute Gasteiger partial charge is 0.493 e. The molecule has 1 atom stereocenters. The molecular weight excluding hydrogens is 480 g/mol. The molecule has 2 aromatic carbocycles. The van der Waals surface area contributed by atoms with Crippen molar-refractivity contribution >= 4 is 17.4 Å². The zero-order chi connectivity index (χ0) is 26.7. The number of nitrogens with two attached hydrogens (primary N) is 1. The molecule has 4 rings (SSSR count). The lowest BCUT2D eigenvalue weighted by Crippen LogP contribution is -2.32. The third kappa shape index (κ3) is 5.42. The van der Waals surface area contributed by atoms with Crippen molar-refractivity contribution in [3.8, 4) is 11.5 Å². The van der Waals surface area contributed by atoms with E-state index < -0.39 is 22.9 Å². The number of ketones is 1. The maximum absolute atomic E-state index is 13.1. The van der Waals surface area contributed by atoms with E-state index in [0.29, 0.717) is 47.7 Å². The standard InChI is InChI=1S/C27H28N2O8/c1-15(2)36-27(31)25-23(24-19(30)5-4-6-21(24)37-26(25)28)17-9-12-20(22(13-17)34-3)35-14-16-7-10-18(11-8-16)29(32)33/h7-13,15,23H,4-6,14,28H2,1-3H3. The van der Waals surface area contributed by atoms with Crippen molar-refractivity contribution in [1.82, 2.24) is 0 Å². The zero-order valence-corrected chi connectivity index (χ0v) is 20.8. The molecule has 2 N–H and O–H groups in total. The summed E-state index contributed by atoms with van der Waals surface area (Å²) in [6.45, 7) is 3.60. The number of nitro benzene ring substituents is 1. The van der Waals surface area contributed by atoms with Crippen LogP contribution in [0.3, 0.4) is 0 Å². The molecule has 37 heavy (non-hydrogen) atoms. The molecule has 0 saturated carbocycles. The molecule has 0 amide bonds. The molecule has 0 bridgehead atoms.